The molecule has 2 rings (SSSR count). The lowest BCUT2D eigenvalue weighted by Gasteiger charge is -2.15. The fourth-order valence-corrected chi connectivity index (χ4v) is 2.72. The van der Waals surface area contributed by atoms with Crippen molar-refractivity contribution in [1.82, 2.24) is 5.32 Å². The van der Waals surface area contributed by atoms with E-state index in [0.717, 1.165) is 32.2 Å². The van der Waals surface area contributed by atoms with Crippen LogP contribution in [0.15, 0.2) is 17.5 Å². The molecule has 2 atom stereocenters. The van der Waals surface area contributed by atoms with E-state index in [-0.39, 0.29) is 6.10 Å². The number of aliphatic hydroxyl groups is 1. The number of thiophene rings is 1. The second-order valence-electron chi connectivity index (χ2n) is 3.89. The van der Waals surface area contributed by atoms with Crippen LogP contribution >= 0.6 is 11.3 Å². The fraction of sp³-hybridized carbons (Fsp3) is 0.636. The van der Waals surface area contributed by atoms with Crippen LogP contribution in [0.25, 0.3) is 0 Å². The number of aliphatic hydroxyl groups excluding tert-OH is 1. The van der Waals surface area contributed by atoms with Gasteiger partial charge in [0.05, 0.1) is 6.10 Å². The molecule has 2 nitrogen and oxygen atoms in total. The highest BCUT2D eigenvalue weighted by molar-refractivity contribution is 7.09. The average Bonchev–Trinajstić information content (AvgIpc) is 2.78. The number of hydrogen-bond donors (Lipinski definition) is 2. The highest BCUT2D eigenvalue weighted by Crippen LogP contribution is 2.18. The molecule has 0 unspecified atom stereocenters. The van der Waals surface area contributed by atoms with Crippen molar-refractivity contribution in [3.8, 4) is 0 Å². The van der Waals surface area contributed by atoms with E-state index in [4.69, 9.17) is 0 Å². The zero-order valence-corrected chi connectivity index (χ0v) is 9.09. The summed E-state index contributed by atoms with van der Waals surface area (Å²) in [6.45, 7) is 0.988. The maximum atomic E-state index is 9.59. The van der Waals surface area contributed by atoms with Gasteiger partial charge in [0.15, 0.2) is 0 Å². The van der Waals surface area contributed by atoms with Crippen molar-refractivity contribution in [2.45, 2.75) is 37.8 Å². The van der Waals surface area contributed by atoms with Gasteiger partial charge in [-0.1, -0.05) is 6.07 Å². The lowest BCUT2D eigenvalue weighted by molar-refractivity contribution is 0.149. The van der Waals surface area contributed by atoms with Gasteiger partial charge in [-0.2, -0.15) is 0 Å². The summed E-state index contributed by atoms with van der Waals surface area (Å²) < 4.78 is 0. The molecule has 2 N–H and O–H groups in total. The molecule has 0 bridgehead atoms. The minimum absolute atomic E-state index is 0.113. The van der Waals surface area contributed by atoms with E-state index in [2.05, 4.69) is 22.8 Å². The van der Waals surface area contributed by atoms with Crippen molar-refractivity contribution in [3.63, 3.8) is 0 Å². The first-order chi connectivity index (χ1) is 6.86. The molecule has 1 fully saturated rings. The monoisotopic (exact) mass is 211 g/mol. The van der Waals surface area contributed by atoms with Crippen molar-refractivity contribution in [3.05, 3.63) is 22.4 Å². The maximum Gasteiger partial charge on any atom is 0.0693 e. The van der Waals surface area contributed by atoms with E-state index in [1.54, 1.807) is 11.3 Å². The van der Waals surface area contributed by atoms with Crippen LogP contribution in [0.5, 0.6) is 0 Å². The lowest BCUT2D eigenvalue weighted by atomic mass is 10.2. The summed E-state index contributed by atoms with van der Waals surface area (Å²) in [5.41, 5.74) is 0. The first-order valence-corrected chi connectivity index (χ1v) is 6.18. The highest BCUT2D eigenvalue weighted by Gasteiger charge is 2.23. The van der Waals surface area contributed by atoms with E-state index in [1.165, 1.54) is 4.88 Å². The van der Waals surface area contributed by atoms with Crippen LogP contribution in [0.2, 0.25) is 0 Å². The smallest absolute Gasteiger partial charge is 0.0693 e. The second-order valence-corrected chi connectivity index (χ2v) is 4.92. The number of hydrogen-bond acceptors (Lipinski definition) is 3. The van der Waals surface area contributed by atoms with Crippen LogP contribution in [0.3, 0.4) is 0 Å². The molecule has 78 valence electrons. The molecular weight excluding hydrogens is 194 g/mol. The van der Waals surface area contributed by atoms with Gasteiger partial charge in [-0.05, 0) is 37.1 Å². The van der Waals surface area contributed by atoms with E-state index in [0.29, 0.717) is 6.04 Å². The first kappa shape index (κ1) is 10.1. The van der Waals surface area contributed by atoms with Crippen LogP contribution in [0.4, 0.5) is 0 Å². The van der Waals surface area contributed by atoms with Gasteiger partial charge in [0, 0.05) is 17.5 Å². The molecule has 0 radical (unpaired) electrons. The van der Waals surface area contributed by atoms with Gasteiger partial charge < -0.3 is 10.4 Å². The van der Waals surface area contributed by atoms with E-state index in [1.807, 2.05) is 0 Å². The molecule has 0 saturated heterocycles. The van der Waals surface area contributed by atoms with Crippen molar-refractivity contribution in [2.75, 3.05) is 6.54 Å². The van der Waals surface area contributed by atoms with Crippen LogP contribution in [-0.4, -0.2) is 23.8 Å². The van der Waals surface area contributed by atoms with Gasteiger partial charge in [0.1, 0.15) is 0 Å². The minimum atomic E-state index is -0.113. The summed E-state index contributed by atoms with van der Waals surface area (Å²) in [5, 5.41) is 15.1. The lowest BCUT2D eigenvalue weighted by Crippen LogP contribution is -2.36. The quantitative estimate of drug-likeness (QED) is 0.796. The second kappa shape index (κ2) is 4.91. The summed E-state index contributed by atoms with van der Waals surface area (Å²) >= 11 is 1.80. The van der Waals surface area contributed by atoms with Crippen molar-refractivity contribution in [2.24, 2.45) is 0 Å². The summed E-state index contributed by atoms with van der Waals surface area (Å²) in [4.78, 5) is 1.42. The minimum Gasteiger partial charge on any atom is -0.392 e. The summed E-state index contributed by atoms with van der Waals surface area (Å²) in [7, 11) is 0. The number of nitrogens with one attached hydrogen (secondary N) is 1. The van der Waals surface area contributed by atoms with Crippen molar-refractivity contribution in [1.29, 1.82) is 0 Å². The number of rotatable bonds is 4. The Morgan fingerprint density at radius 3 is 3.07 bits per heavy atom. The molecule has 1 heterocycles. The molecule has 0 spiro atoms. The van der Waals surface area contributed by atoms with Crippen LogP contribution < -0.4 is 5.32 Å². The molecular formula is C11H17NOS. The van der Waals surface area contributed by atoms with Gasteiger partial charge in [-0.15, -0.1) is 11.3 Å². The summed E-state index contributed by atoms with van der Waals surface area (Å²) in [5.74, 6) is 0. The van der Waals surface area contributed by atoms with E-state index < -0.39 is 0 Å². The Morgan fingerprint density at radius 2 is 2.43 bits per heavy atom. The molecule has 1 saturated carbocycles. The van der Waals surface area contributed by atoms with Crippen molar-refractivity contribution < 1.29 is 5.11 Å². The van der Waals surface area contributed by atoms with Gasteiger partial charge >= 0.3 is 0 Å². The predicted octanol–water partition coefficient (Wildman–Crippen LogP) is 1.79. The van der Waals surface area contributed by atoms with Crippen LogP contribution in [0, 0.1) is 0 Å². The average molecular weight is 211 g/mol. The fourth-order valence-electron chi connectivity index (χ4n) is 2.01. The first-order valence-electron chi connectivity index (χ1n) is 5.30. The molecule has 0 aliphatic heterocycles. The Hall–Kier alpha value is -0.380. The van der Waals surface area contributed by atoms with E-state index in [9.17, 15) is 5.11 Å². The van der Waals surface area contributed by atoms with Gasteiger partial charge in [-0.25, -0.2) is 0 Å². The third kappa shape index (κ3) is 2.56. The third-order valence-electron chi connectivity index (χ3n) is 2.84. The standard InChI is InChI=1S/C11H17NOS/c13-11-5-1-4-10(11)12-7-6-9-3-2-8-14-9/h2-3,8,10-13H,1,4-7H2/t10-,11-/m0/s1. The molecule has 3 heteroatoms. The van der Waals surface area contributed by atoms with E-state index >= 15 is 0 Å². The van der Waals surface area contributed by atoms with Gasteiger partial charge in [-0.3, -0.25) is 0 Å². The predicted molar refractivity (Wildman–Crippen MR) is 59.7 cm³/mol. The zero-order valence-electron chi connectivity index (χ0n) is 8.28. The highest BCUT2D eigenvalue weighted by atomic mass is 32.1. The Morgan fingerprint density at radius 1 is 1.50 bits per heavy atom. The summed E-state index contributed by atoms with van der Waals surface area (Å²) in [6, 6.07) is 4.59. The van der Waals surface area contributed by atoms with Gasteiger partial charge in [0.25, 0.3) is 0 Å². The Labute approximate surface area is 89.0 Å². The SMILES string of the molecule is O[C@H]1CCC[C@@H]1NCCc1cccs1. The third-order valence-corrected chi connectivity index (χ3v) is 3.77. The molecule has 14 heavy (non-hydrogen) atoms. The Bertz CT molecular complexity index is 260. The topological polar surface area (TPSA) is 32.3 Å². The molecule has 0 aromatic carbocycles. The zero-order chi connectivity index (χ0) is 9.80. The largest absolute Gasteiger partial charge is 0.392 e. The molecule has 1 aliphatic carbocycles. The van der Waals surface area contributed by atoms with Crippen LogP contribution in [0.1, 0.15) is 24.1 Å². The molecule has 1 aromatic heterocycles. The molecule has 1 aromatic rings. The normalized spacial score (nSPS) is 26.9. The molecule has 1 aliphatic rings. The van der Waals surface area contributed by atoms with Crippen LogP contribution in [-0.2, 0) is 6.42 Å². The maximum absolute atomic E-state index is 9.59. The summed E-state index contributed by atoms with van der Waals surface area (Å²) in [6.07, 6.45) is 4.24. The molecule has 0 amide bonds. The van der Waals surface area contributed by atoms with Gasteiger partial charge in [0.2, 0.25) is 0 Å². The Balaban J connectivity index is 1.68. The van der Waals surface area contributed by atoms with Crippen molar-refractivity contribution >= 4 is 11.3 Å². The Kier molecular flexibility index (Phi) is 3.56.